The Balaban J connectivity index is 0.000000245. The van der Waals surface area contributed by atoms with Crippen molar-refractivity contribution in [2.75, 3.05) is 0 Å². The Morgan fingerprint density at radius 1 is 0.403 bits per heavy atom. The molecule has 0 unspecified atom stereocenters. The molecule has 628 valence electrons. The summed E-state index contributed by atoms with van der Waals surface area (Å²) in [6.45, 7) is 25.3. The van der Waals surface area contributed by atoms with Gasteiger partial charge in [-0.25, -0.2) is 37.7 Å². The van der Waals surface area contributed by atoms with Crippen LogP contribution >= 0.6 is 0 Å². The quantitative estimate of drug-likeness (QED) is 0.0239. The van der Waals surface area contributed by atoms with Crippen LogP contribution in [0.5, 0.6) is 17.2 Å². The number of nitrogens with zero attached hydrogens (tertiary/aromatic N) is 12. The van der Waals surface area contributed by atoms with Gasteiger partial charge in [-0.05, 0) is 125 Å². The maximum absolute atomic E-state index is 13.7. The highest BCUT2D eigenvalue weighted by atomic mass is 19.1. The van der Waals surface area contributed by atoms with E-state index in [9.17, 15) is 75.5 Å². The number of ether oxygens (including phenoxy) is 3. The first-order valence-electron chi connectivity index (χ1n) is 37.0. The molecule has 0 N–H and O–H groups in total. The van der Waals surface area contributed by atoms with E-state index in [1.54, 1.807) is 145 Å². The van der Waals surface area contributed by atoms with E-state index in [1.807, 2.05) is 0 Å². The Hall–Kier alpha value is -13.2. The van der Waals surface area contributed by atoms with Gasteiger partial charge < -0.3 is 27.5 Å². The normalized spacial score (nSPS) is 11.4. The third-order valence-corrected chi connectivity index (χ3v) is 18.5. The second-order valence-corrected chi connectivity index (χ2v) is 31.1. The molecule has 0 spiro atoms. The lowest BCUT2D eigenvalue weighted by atomic mass is 9.85. The number of rotatable bonds is 29. The summed E-state index contributed by atoms with van der Waals surface area (Å²) >= 11 is 0. The van der Waals surface area contributed by atoms with Crippen LogP contribution in [0, 0.1) is 64.4 Å². The van der Waals surface area contributed by atoms with Crippen molar-refractivity contribution in [2.24, 2.45) is 26.6 Å². The van der Waals surface area contributed by atoms with Gasteiger partial charge in [-0.3, -0.25) is 66.4 Å². The average molecular weight is 1640 g/mol. The predicted octanol–water partition coefficient (Wildman–Crippen LogP) is 12.2. The number of aromatic nitrogens is 12. The Morgan fingerprint density at radius 3 is 0.966 bits per heavy atom. The van der Waals surface area contributed by atoms with Gasteiger partial charge in [0.15, 0.2) is 34.4 Å². The molecule has 0 aliphatic carbocycles. The van der Waals surface area contributed by atoms with Crippen LogP contribution in [0.25, 0.3) is 0 Å². The molecule has 0 fully saturated rings. The molecule has 10 rings (SSSR count). The van der Waals surface area contributed by atoms with E-state index in [-0.39, 0.29) is 152 Å². The van der Waals surface area contributed by atoms with Crippen molar-refractivity contribution in [3.63, 3.8) is 0 Å². The highest BCUT2D eigenvalue weighted by Crippen LogP contribution is 2.34. The molecule has 10 aromatic rings. The Bertz CT molecular complexity index is 5800. The highest BCUT2D eigenvalue weighted by Gasteiger charge is 2.39. The van der Waals surface area contributed by atoms with Crippen LogP contribution in [-0.4, -0.2) is 118 Å². The maximum Gasteiger partial charge on any atom is 0.379 e. The molecule has 0 atom stereocenters. The summed E-state index contributed by atoms with van der Waals surface area (Å²) in [4.78, 5) is 181. The standard InChI is InChI=1S/C30H29FN4O6.C28H33FN4O6.C26H27FN4O7.CH4/c1-17-15-19(11-13-21(17)31)12-14-22(36)24-25(41-28(39)20-9-7-6-8-10-20)27(38)35(5)29(32-24)30(3,4)16-23(37)26-34-33-18(2)40-26;1-15-13-17(9-11-18(15)29)10-12-19(34)21-22(39-26(37)27(3,4)5)24(36)33(8)25(30-21)28(6,7)14-20(35)23-32-31-16(2)38-23;1-13-11-16(7-9-17(13)27)8-10-18(33)20-21(38-24(36)14(2)32)23(35)31(6)25(28-20)26(4,5)12-19(34)22-30-29-15(3)37-22;/h6-11,13,15H,12,14,16H2,1-5H3;9,11,13H,10,12,14H2,1-8H3;7,9,11H,8,10,12H2,1-6H3;1H4. The van der Waals surface area contributed by atoms with E-state index in [0.29, 0.717) is 27.8 Å². The second-order valence-electron chi connectivity index (χ2n) is 31.1. The number of benzene rings is 4. The summed E-state index contributed by atoms with van der Waals surface area (Å²) in [6, 6.07) is 21.5. The van der Waals surface area contributed by atoms with Crippen LogP contribution in [0.4, 0.5) is 13.2 Å². The van der Waals surface area contributed by atoms with Crippen LogP contribution in [0.1, 0.15) is 258 Å². The Morgan fingerprint density at radius 2 is 0.697 bits per heavy atom. The largest absolute Gasteiger partial charge is 0.419 e. The van der Waals surface area contributed by atoms with Crippen molar-refractivity contribution in [1.82, 2.24) is 59.2 Å². The first-order chi connectivity index (χ1) is 55.1. The molecule has 0 saturated carbocycles. The van der Waals surface area contributed by atoms with Crippen molar-refractivity contribution >= 4 is 58.4 Å². The number of esters is 3. The number of carbonyl (C=O) groups excluding carboxylic acids is 10. The number of Topliss-reactive ketones (excluding diaryl/α,β-unsaturated/α-hetero) is 7. The van der Waals surface area contributed by atoms with Crippen molar-refractivity contribution in [2.45, 2.75) is 192 Å². The molecule has 119 heavy (non-hydrogen) atoms. The molecule has 6 aromatic heterocycles. The number of aryl methyl sites for hydroxylation is 9. The fourth-order valence-corrected chi connectivity index (χ4v) is 12.2. The van der Waals surface area contributed by atoms with Gasteiger partial charge in [-0.15, -0.1) is 30.6 Å². The van der Waals surface area contributed by atoms with Gasteiger partial charge in [0.2, 0.25) is 58.1 Å². The number of hydrogen-bond donors (Lipinski definition) is 0. The van der Waals surface area contributed by atoms with Gasteiger partial charge in [0.25, 0.3) is 34.3 Å². The molecule has 31 nitrogen and oxygen atoms in total. The molecule has 6 heterocycles. The fraction of sp³-hybridized carbons (Fsp3) is 0.388. The van der Waals surface area contributed by atoms with Crippen molar-refractivity contribution in [3.05, 3.63) is 242 Å². The zero-order valence-corrected chi connectivity index (χ0v) is 68.7. The number of halogens is 3. The average Bonchev–Trinajstić information content (AvgIpc) is 0.857. The van der Waals surface area contributed by atoms with Gasteiger partial charge in [-0.2, -0.15) is 0 Å². The second kappa shape index (κ2) is 38.3. The molecular weight excluding hydrogens is 1550 g/mol. The summed E-state index contributed by atoms with van der Waals surface area (Å²) < 4.78 is 75.9. The van der Waals surface area contributed by atoms with Crippen molar-refractivity contribution in [1.29, 1.82) is 0 Å². The third kappa shape index (κ3) is 23.1. The van der Waals surface area contributed by atoms with Crippen LogP contribution in [0.2, 0.25) is 0 Å². The van der Waals surface area contributed by atoms with Crippen LogP contribution in [0.3, 0.4) is 0 Å². The minimum Gasteiger partial charge on any atom is -0.419 e. The van der Waals surface area contributed by atoms with E-state index in [4.69, 9.17) is 27.5 Å². The third-order valence-electron chi connectivity index (χ3n) is 18.5. The number of hydrogen-bond acceptors (Lipinski definition) is 28. The first kappa shape index (κ1) is 93.0. The van der Waals surface area contributed by atoms with Crippen LogP contribution in [0.15, 0.2) is 113 Å². The van der Waals surface area contributed by atoms with E-state index in [0.717, 1.165) is 26.2 Å². The van der Waals surface area contributed by atoms with E-state index >= 15 is 0 Å². The molecule has 0 radical (unpaired) electrons. The Kier molecular flexibility index (Phi) is 29.9. The van der Waals surface area contributed by atoms with Crippen LogP contribution in [-0.2, 0) is 71.0 Å². The summed E-state index contributed by atoms with van der Waals surface area (Å²) in [7, 11) is 4.19. The van der Waals surface area contributed by atoms with Gasteiger partial charge in [-0.1, -0.05) is 104 Å². The van der Waals surface area contributed by atoms with Gasteiger partial charge in [0.1, 0.15) is 34.9 Å². The highest BCUT2D eigenvalue weighted by molar-refractivity contribution is 6.33. The molecule has 0 aliphatic heterocycles. The maximum atomic E-state index is 13.7. The number of ketones is 7. The minimum atomic E-state index is -1.33. The topological polar surface area (TPSA) is 420 Å². The monoisotopic (exact) mass is 1640 g/mol. The SMILES string of the molecule is C.CC(=O)C(=O)Oc1c(C(=O)CCc2ccc(F)c(C)c2)nc(C(C)(C)CC(=O)c2nnc(C)o2)n(C)c1=O.Cc1nnc(C(=O)CC(C)(C)c2nc(C(=O)CCc3ccc(F)c(C)c3)c(OC(=O)C(C)(C)C)c(=O)n2C)o1.Cc1nnc(C(=O)CC(C)(C)c2nc(C(=O)CCc3ccc(F)c(C)c3)c(OC(=O)c3ccccc3)c(=O)n2C)o1. The van der Waals surface area contributed by atoms with E-state index in [1.165, 1.54) is 64.5 Å². The zero-order valence-electron chi connectivity index (χ0n) is 68.7. The summed E-state index contributed by atoms with van der Waals surface area (Å²) in [5, 5.41) is 22.2. The minimum absolute atomic E-state index is 0. The zero-order chi connectivity index (χ0) is 87.5. The van der Waals surface area contributed by atoms with Crippen LogP contribution < -0.4 is 30.9 Å². The lowest BCUT2D eigenvalue weighted by molar-refractivity contribution is -0.146. The molecule has 4 aromatic carbocycles. The van der Waals surface area contributed by atoms with Gasteiger partial charge >= 0.3 is 17.9 Å². The summed E-state index contributed by atoms with van der Waals surface area (Å²) in [5.41, 5.74) is -4.12. The van der Waals surface area contributed by atoms with Gasteiger partial charge in [0.05, 0.1) is 11.0 Å². The molecule has 34 heteroatoms. The van der Waals surface area contributed by atoms with Crippen molar-refractivity contribution < 1.29 is 88.6 Å². The smallest absolute Gasteiger partial charge is 0.379 e. The predicted molar refractivity (Wildman–Crippen MR) is 422 cm³/mol. The Labute approximate surface area is 681 Å². The number of carbonyl (C=O) groups is 10. The lowest BCUT2D eigenvalue weighted by Crippen LogP contribution is -2.37. The molecule has 0 saturated heterocycles. The van der Waals surface area contributed by atoms with Crippen molar-refractivity contribution in [3.8, 4) is 17.2 Å². The summed E-state index contributed by atoms with van der Waals surface area (Å²) in [6.07, 6.45) is -0.190. The lowest BCUT2D eigenvalue weighted by Gasteiger charge is -2.26. The fourth-order valence-electron chi connectivity index (χ4n) is 12.2. The molecular formula is C85H93F3N12O19. The molecule has 0 aliphatic rings. The molecule has 0 bridgehead atoms. The van der Waals surface area contributed by atoms with E-state index in [2.05, 4.69) is 45.5 Å². The van der Waals surface area contributed by atoms with Gasteiger partial charge in [0, 0.05) is 104 Å². The molecule has 0 amide bonds. The summed E-state index contributed by atoms with van der Waals surface area (Å²) in [5.74, 6) is -9.40. The first-order valence-corrected chi connectivity index (χ1v) is 37.0. The van der Waals surface area contributed by atoms with E-state index < -0.39 is 120 Å².